The largest absolute Gasteiger partial charge is 0.368 e. The molecule has 1 aromatic carbocycles. The summed E-state index contributed by atoms with van der Waals surface area (Å²) >= 11 is 0. The molecular formula is C9H10N6. The number of hydrogen-bond donors (Lipinski definition) is 3. The maximum Gasteiger partial charge on any atom is 0.215 e. The minimum atomic E-state index is 0.356. The number of benzene rings is 1. The molecule has 0 bridgehead atoms. The number of nitrogens with one attached hydrogen (secondary N) is 2. The second-order valence-electron chi connectivity index (χ2n) is 2.79. The first kappa shape index (κ1) is 9.20. The predicted molar refractivity (Wildman–Crippen MR) is 56.9 cm³/mol. The fraction of sp³-hybridized carbons (Fsp3) is 0. The highest BCUT2D eigenvalue weighted by atomic mass is 15.2. The summed E-state index contributed by atoms with van der Waals surface area (Å²) < 4.78 is 0. The molecule has 2 aromatic heterocycles. The van der Waals surface area contributed by atoms with E-state index in [1.165, 1.54) is 6.33 Å². The summed E-state index contributed by atoms with van der Waals surface area (Å²) in [7, 11) is 0. The number of anilines is 1. The van der Waals surface area contributed by atoms with Gasteiger partial charge in [-0.3, -0.25) is 0 Å². The van der Waals surface area contributed by atoms with Crippen LogP contribution in [0.25, 0.3) is 11.0 Å². The molecule has 0 aliphatic heterocycles. The van der Waals surface area contributed by atoms with Gasteiger partial charge in [-0.25, -0.2) is 15.1 Å². The number of fused-ring (bicyclic) bond motifs is 1. The Morgan fingerprint density at radius 1 is 1.13 bits per heavy atom. The van der Waals surface area contributed by atoms with Crippen molar-refractivity contribution in [2.75, 3.05) is 5.73 Å². The summed E-state index contributed by atoms with van der Waals surface area (Å²) in [6, 6.07) is 7.94. The van der Waals surface area contributed by atoms with Gasteiger partial charge in [0.05, 0.1) is 17.4 Å². The molecule has 0 spiro atoms. The molecule has 0 saturated carbocycles. The van der Waals surface area contributed by atoms with Crippen LogP contribution in [-0.2, 0) is 0 Å². The van der Waals surface area contributed by atoms with Gasteiger partial charge in [-0.05, 0) is 12.1 Å². The van der Waals surface area contributed by atoms with Crippen molar-refractivity contribution >= 4 is 17.0 Å². The second kappa shape index (κ2) is 4.23. The Hall–Kier alpha value is -2.37. The summed E-state index contributed by atoms with van der Waals surface area (Å²) in [6.07, 6.45) is 3.06. The summed E-state index contributed by atoms with van der Waals surface area (Å²) in [5, 5.41) is 5.88. The number of nitrogen functional groups attached to an aromatic ring is 1. The number of aromatic amines is 2. The standard InChI is InChI=1S/C7H6N2.C2H4N4/c1-2-4-7-6(3-1)8-5-9-7;3-2-4-1-5-6-2/h1-5H,(H,8,9);1H,(H3,3,4,5,6). The summed E-state index contributed by atoms with van der Waals surface area (Å²) in [5.41, 5.74) is 7.17. The van der Waals surface area contributed by atoms with Gasteiger partial charge in [0.25, 0.3) is 0 Å². The zero-order valence-electron chi connectivity index (χ0n) is 7.88. The molecule has 0 aliphatic carbocycles. The lowest BCUT2D eigenvalue weighted by atomic mass is 10.3. The lowest BCUT2D eigenvalue weighted by molar-refractivity contribution is 1.10. The van der Waals surface area contributed by atoms with E-state index in [1.54, 1.807) is 6.33 Å². The number of hydrogen-bond acceptors (Lipinski definition) is 4. The first-order valence-corrected chi connectivity index (χ1v) is 4.35. The topological polar surface area (TPSA) is 96.3 Å². The summed E-state index contributed by atoms with van der Waals surface area (Å²) in [5.74, 6) is 0.356. The molecule has 3 aromatic rings. The Labute approximate surface area is 85.6 Å². The van der Waals surface area contributed by atoms with Crippen LogP contribution in [-0.4, -0.2) is 25.1 Å². The van der Waals surface area contributed by atoms with Crippen LogP contribution in [0.4, 0.5) is 5.95 Å². The van der Waals surface area contributed by atoms with Gasteiger partial charge in [-0.15, -0.1) is 0 Å². The first-order chi connectivity index (χ1) is 7.36. The molecule has 6 nitrogen and oxygen atoms in total. The smallest absolute Gasteiger partial charge is 0.215 e. The van der Waals surface area contributed by atoms with Crippen molar-refractivity contribution in [3.63, 3.8) is 0 Å². The lowest BCUT2D eigenvalue weighted by Crippen LogP contribution is -1.84. The van der Waals surface area contributed by atoms with Gasteiger partial charge < -0.3 is 10.7 Å². The van der Waals surface area contributed by atoms with Crippen LogP contribution in [0.2, 0.25) is 0 Å². The Kier molecular flexibility index (Phi) is 2.59. The number of H-pyrrole nitrogens is 2. The van der Waals surface area contributed by atoms with Gasteiger partial charge in [-0.2, -0.15) is 5.10 Å². The maximum atomic E-state index is 5.05. The van der Waals surface area contributed by atoms with Crippen LogP contribution >= 0.6 is 0 Å². The quantitative estimate of drug-likeness (QED) is 0.505. The van der Waals surface area contributed by atoms with Gasteiger partial charge in [0.1, 0.15) is 6.33 Å². The molecule has 2 heterocycles. The fourth-order valence-corrected chi connectivity index (χ4v) is 1.09. The Bertz CT molecular complexity index is 482. The van der Waals surface area contributed by atoms with Crippen molar-refractivity contribution in [1.29, 1.82) is 0 Å². The Morgan fingerprint density at radius 2 is 2.00 bits per heavy atom. The highest BCUT2D eigenvalue weighted by Crippen LogP contribution is 2.05. The molecule has 0 unspecified atom stereocenters. The molecular weight excluding hydrogens is 192 g/mol. The average molecular weight is 202 g/mol. The normalized spacial score (nSPS) is 9.60. The van der Waals surface area contributed by atoms with Gasteiger partial charge in [0.15, 0.2) is 0 Å². The monoisotopic (exact) mass is 202 g/mol. The van der Waals surface area contributed by atoms with E-state index in [1.807, 2.05) is 24.3 Å². The van der Waals surface area contributed by atoms with Crippen molar-refractivity contribution in [1.82, 2.24) is 25.1 Å². The van der Waals surface area contributed by atoms with Crippen LogP contribution in [0, 0.1) is 0 Å². The van der Waals surface area contributed by atoms with E-state index < -0.39 is 0 Å². The third kappa shape index (κ3) is 2.31. The van der Waals surface area contributed by atoms with E-state index in [-0.39, 0.29) is 0 Å². The molecule has 15 heavy (non-hydrogen) atoms. The number of aromatic nitrogens is 5. The zero-order chi connectivity index (χ0) is 10.5. The molecule has 6 heteroatoms. The van der Waals surface area contributed by atoms with Crippen LogP contribution in [0.5, 0.6) is 0 Å². The maximum absolute atomic E-state index is 5.05. The number of nitrogens with two attached hydrogens (primary N) is 1. The lowest BCUT2D eigenvalue weighted by Gasteiger charge is -1.81. The van der Waals surface area contributed by atoms with Gasteiger partial charge in [0.2, 0.25) is 5.95 Å². The van der Waals surface area contributed by atoms with Gasteiger partial charge in [0, 0.05) is 0 Å². The number of rotatable bonds is 0. The average Bonchev–Trinajstić information content (AvgIpc) is 2.88. The van der Waals surface area contributed by atoms with E-state index in [9.17, 15) is 0 Å². The summed E-state index contributed by atoms with van der Waals surface area (Å²) in [4.78, 5) is 10.6. The fourth-order valence-electron chi connectivity index (χ4n) is 1.09. The molecule has 0 saturated heterocycles. The molecule has 0 amide bonds. The number of imidazole rings is 1. The third-order valence-electron chi connectivity index (χ3n) is 1.76. The molecule has 0 aliphatic rings. The van der Waals surface area contributed by atoms with Crippen molar-refractivity contribution in [2.24, 2.45) is 0 Å². The van der Waals surface area contributed by atoms with E-state index in [0.29, 0.717) is 5.95 Å². The first-order valence-electron chi connectivity index (χ1n) is 4.35. The van der Waals surface area contributed by atoms with E-state index in [2.05, 4.69) is 25.1 Å². The summed E-state index contributed by atoms with van der Waals surface area (Å²) in [6.45, 7) is 0. The van der Waals surface area contributed by atoms with Gasteiger partial charge in [-0.1, -0.05) is 12.1 Å². The van der Waals surface area contributed by atoms with Crippen LogP contribution in [0.15, 0.2) is 36.9 Å². The van der Waals surface area contributed by atoms with Crippen molar-refractivity contribution in [3.05, 3.63) is 36.9 Å². The molecule has 0 atom stereocenters. The van der Waals surface area contributed by atoms with Crippen molar-refractivity contribution in [3.8, 4) is 0 Å². The molecule has 0 fully saturated rings. The minimum Gasteiger partial charge on any atom is -0.368 e. The number of para-hydroxylation sites is 2. The van der Waals surface area contributed by atoms with Crippen LogP contribution in [0.3, 0.4) is 0 Å². The van der Waals surface area contributed by atoms with E-state index in [4.69, 9.17) is 5.73 Å². The van der Waals surface area contributed by atoms with Crippen LogP contribution < -0.4 is 5.73 Å². The minimum absolute atomic E-state index is 0.356. The second-order valence-corrected chi connectivity index (χ2v) is 2.79. The van der Waals surface area contributed by atoms with E-state index >= 15 is 0 Å². The highest BCUT2D eigenvalue weighted by Gasteiger charge is 1.88. The Morgan fingerprint density at radius 3 is 2.60 bits per heavy atom. The van der Waals surface area contributed by atoms with Crippen LogP contribution in [0.1, 0.15) is 0 Å². The van der Waals surface area contributed by atoms with Crippen molar-refractivity contribution in [2.45, 2.75) is 0 Å². The highest BCUT2D eigenvalue weighted by molar-refractivity contribution is 5.73. The Balaban J connectivity index is 0.000000124. The van der Waals surface area contributed by atoms with Crippen molar-refractivity contribution < 1.29 is 0 Å². The zero-order valence-corrected chi connectivity index (χ0v) is 7.88. The molecule has 0 radical (unpaired) electrons. The molecule has 4 N–H and O–H groups in total. The van der Waals surface area contributed by atoms with Gasteiger partial charge >= 0.3 is 0 Å². The predicted octanol–water partition coefficient (Wildman–Crippen LogP) is 0.950. The van der Waals surface area contributed by atoms with E-state index in [0.717, 1.165) is 11.0 Å². The third-order valence-corrected chi connectivity index (χ3v) is 1.76. The molecule has 3 rings (SSSR count). The number of nitrogens with zero attached hydrogens (tertiary/aromatic N) is 3. The molecule has 76 valence electrons. The SMILES string of the molecule is Nc1ncn[nH]1.c1ccc2[nH]cnc2c1.